The first-order valence-corrected chi connectivity index (χ1v) is 6.57. The molecule has 0 aliphatic rings. The Bertz CT molecular complexity index is 579. The zero-order valence-corrected chi connectivity index (χ0v) is 11.9. The van der Waals surface area contributed by atoms with E-state index < -0.39 is 0 Å². The first-order chi connectivity index (χ1) is 9.11. The lowest BCUT2D eigenvalue weighted by atomic mass is 10.1. The van der Waals surface area contributed by atoms with Crippen LogP contribution < -0.4 is 4.74 Å². The Labute approximate surface area is 118 Å². The standard InChI is InChI=1S/C16H17ClO2/c1-11-6-7-14(15(17)8-11)10-19-16-12(2)4-3-5-13(16)9-18/h3-8,18H,9-10H2,1-2H3. The van der Waals surface area contributed by atoms with Crippen LogP contribution in [0.2, 0.25) is 5.02 Å². The van der Waals surface area contributed by atoms with Crippen LogP contribution in [-0.2, 0) is 13.2 Å². The largest absolute Gasteiger partial charge is 0.488 e. The van der Waals surface area contributed by atoms with Gasteiger partial charge in [-0.3, -0.25) is 0 Å². The molecule has 100 valence electrons. The van der Waals surface area contributed by atoms with Gasteiger partial charge in [0.05, 0.1) is 6.61 Å². The van der Waals surface area contributed by atoms with Crippen molar-refractivity contribution < 1.29 is 9.84 Å². The average Bonchev–Trinajstić information content (AvgIpc) is 2.39. The Morgan fingerprint density at radius 3 is 2.58 bits per heavy atom. The van der Waals surface area contributed by atoms with Crippen LogP contribution in [0.5, 0.6) is 5.75 Å². The molecule has 2 aromatic carbocycles. The summed E-state index contributed by atoms with van der Waals surface area (Å²) in [5.74, 6) is 0.738. The second kappa shape index (κ2) is 6.09. The lowest BCUT2D eigenvalue weighted by Crippen LogP contribution is -2.01. The summed E-state index contributed by atoms with van der Waals surface area (Å²) in [6.07, 6.45) is 0. The van der Waals surface area contributed by atoms with Crippen molar-refractivity contribution in [1.82, 2.24) is 0 Å². The predicted molar refractivity (Wildman–Crippen MR) is 77.6 cm³/mol. The smallest absolute Gasteiger partial charge is 0.128 e. The van der Waals surface area contributed by atoms with Crippen molar-refractivity contribution in [1.29, 1.82) is 0 Å². The number of aliphatic hydroxyl groups is 1. The Kier molecular flexibility index (Phi) is 4.46. The fourth-order valence-corrected chi connectivity index (χ4v) is 2.25. The average molecular weight is 277 g/mol. The maximum atomic E-state index is 9.32. The highest BCUT2D eigenvalue weighted by Gasteiger charge is 2.08. The van der Waals surface area contributed by atoms with Crippen LogP contribution in [0.3, 0.4) is 0 Å². The number of hydrogen-bond donors (Lipinski definition) is 1. The normalized spacial score (nSPS) is 10.5. The van der Waals surface area contributed by atoms with Crippen molar-refractivity contribution in [3.05, 3.63) is 63.7 Å². The van der Waals surface area contributed by atoms with E-state index in [2.05, 4.69) is 0 Å². The minimum Gasteiger partial charge on any atom is -0.488 e. The van der Waals surface area contributed by atoms with E-state index >= 15 is 0 Å². The van der Waals surface area contributed by atoms with E-state index in [0.29, 0.717) is 11.6 Å². The molecule has 0 bridgehead atoms. The molecule has 0 heterocycles. The number of hydrogen-bond acceptors (Lipinski definition) is 2. The lowest BCUT2D eigenvalue weighted by Gasteiger charge is -2.13. The van der Waals surface area contributed by atoms with E-state index in [1.54, 1.807) is 0 Å². The topological polar surface area (TPSA) is 29.5 Å². The molecule has 2 rings (SSSR count). The number of rotatable bonds is 4. The summed E-state index contributed by atoms with van der Waals surface area (Å²) in [5, 5.41) is 10.0. The summed E-state index contributed by atoms with van der Waals surface area (Å²) in [6, 6.07) is 11.6. The van der Waals surface area contributed by atoms with E-state index in [4.69, 9.17) is 16.3 Å². The van der Waals surface area contributed by atoms with Gasteiger partial charge in [-0.25, -0.2) is 0 Å². The fourth-order valence-electron chi connectivity index (χ4n) is 1.96. The van der Waals surface area contributed by atoms with Crippen LogP contribution in [0.1, 0.15) is 22.3 Å². The van der Waals surface area contributed by atoms with Crippen LogP contribution in [0.15, 0.2) is 36.4 Å². The molecule has 0 aromatic heterocycles. The summed E-state index contributed by atoms with van der Waals surface area (Å²) in [5.41, 5.74) is 3.87. The molecule has 0 spiro atoms. The number of benzene rings is 2. The minimum atomic E-state index is -0.0291. The molecular formula is C16H17ClO2. The summed E-state index contributed by atoms with van der Waals surface area (Å²) < 4.78 is 5.82. The summed E-state index contributed by atoms with van der Waals surface area (Å²) in [4.78, 5) is 0. The molecule has 19 heavy (non-hydrogen) atoms. The third-order valence-electron chi connectivity index (χ3n) is 3.04. The molecule has 0 aliphatic carbocycles. The second-order valence-electron chi connectivity index (χ2n) is 4.60. The van der Waals surface area contributed by atoms with Gasteiger partial charge in [-0.15, -0.1) is 0 Å². The van der Waals surface area contributed by atoms with Crippen molar-refractivity contribution in [2.45, 2.75) is 27.1 Å². The fraction of sp³-hybridized carbons (Fsp3) is 0.250. The summed E-state index contributed by atoms with van der Waals surface area (Å²) in [7, 11) is 0. The zero-order chi connectivity index (χ0) is 13.8. The van der Waals surface area contributed by atoms with E-state index in [9.17, 15) is 5.11 Å². The van der Waals surface area contributed by atoms with E-state index in [1.165, 1.54) is 0 Å². The number of halogens is 1. The van der Waals surface area contributed by atoms with E-state index in [-0.39, 0.29) is 6.61 Å². The predicted octanol–water partition coefficient (Wildman–Crippen LogP) is 4.03. The van der Waals surface area contributed by atoms with E-state index in [0.717, 1.165) is 28.0 Å². The Morgan fingerprint density at radius 1 is 1.11 bits per heavy atom. The summed E-state index contributed by atoms with van der Waals surface area (Å²) in [6.45, 7) is 4.34. The number of aryl methyl sites for hydroxylation is 2. The SMILES string of the molecule is Cc1ccc(COc2c(C)cccc2CO)c(Cl)c1. The van der Waals surface area contributed by atoms with Gasteiger partial charge in [0, 0.05) is 16.1 Å². The molecule has 1 N–H and O–H groups in total. The second-order valence-corrected chi connectivity index (χ2v) is 5.01. The highest BCUT2D eigenvalue weighted by Crippen LogP contribution is 2.26. The van der Waals surface area contributed by atoms with Crippen molar-refractivity contribution in [2.75, 3.05) is 0 Å². The third kappa shape index (κ3) is 3.28. The van der Waals surface area contributed by atoms with Crippen molar-refractivity contribution in [3.63, 3.8) is 0 Å². The molecule has 2 aromatic rings. The minimum absolute atomic E-state index is 0.0291. The maximum absolute atomic E-state index is 9.32. The highest BCUT2D eigenvalue weighted by atomic mass is 35.5. The van der Waals surface area contributed by atoms with Gasteiger partial charge in [-0.1, -0.05) is 41.9 Å². The number of aliphatic hydroxyl groups excluding tert-OH is 1. The quantitative estimate of drug-likeness (QED) is 0.914. The van der Waals surface area contributed by atoms with Crippen molar-refractivity contribution >= 4 is 11.6 Å². The molecule has 0 aliphatic heterocycles. The highest BCUT2D eigenvalue weighted by molar-refractivity contribution is 6.31. The zero-order valence-electron chi connectivity index (χ0n) is 11.1. The van der Waals surface area contributed by atoms with Gasteiger partial charge in [0.25, 0.3) is 0 Å². The Balaban J connectivity index is 2.19. The molecule has 3 heteroatoms. The molecule has 0 atom stereocenters. The van der Waals surface area contributed by atoms with Gasteiger partial charge in [-0.05, 0) is 31.0 Å². The van der Waals surface area contributed by atoms with Crippen LogP contribution in [0.4, 0.5) is 0 Å². The molecule has 0 saturated carbocycles. The Morgan fingerprint density at radius 2 is 1.89 bits per heavy atom. The molecule has 0 fully saturated rings. The van der Waals surface area contributed by atoms with Crippen molar-refractivity contribution in [2.24, 2.45) is 0 Å². The van der Waals surface area contributed by atoms with Crippen LogP contribution in [0.25, 0.3) is 0 Å². The van der Waals surface area contributed by atoms with Crippen LogP contribution in [-0.4, -0.2) is 5.11 Å². The summed E-state index contributed by atoms with van der Waals surface area (Å²) >= 11 is 6.18. The first kappa shape index (κ1) is 13.9. The lowest BCUT2D eigenvalue weighted by molar-refractivity contribution is 0.258. The van der Waals surface area contributed by atoms with E-state index in [1.807, 2.05) is 50.2 Å². The first-order valence-electron chi connectivity index (χ1n) is 6.19. The van der Waals surface area contributed by atoms with Crippen LogP contribution in [0, 0.1) is 13.8 Å². The van der Waals surface area contributed by atoms with Gasteiger partial charge in [0.1, 0.15) is 12.4 Å². The monoisotopic (exact) mass is 276 g/mol. The van der Waals surface area contributed by atoms with Gasteiger partial charge in [-0.2, -0.15) is 0 Å². The van der Waals surface area contributed by atoms with Gasteiger partial charge >= 0.3 is 0 Å². The molecule has 2 nitrogen and oxygen atoms in total. The molecule has 0 unspecified atom stereocenters. The molecular weight excluding hydrogens is 260 g/mol. The molecule has 0 saturated heterocycles. The number of ether oxygens (including phenoxy) is 1. The van der Waals surface area contributed by atoms with Crippen molar-refractivity contribution in [3.8, 4) is 5.75 Å². The molecule has 0 amide bonds. The third-order valence-corrected chi connectivity index (χ3v) is 3.40. The van der Waals surface area contributed by atoms with Crippen LogP contribution >= 0.6 is 11.6 Å². The maximum Gasteiger partial charge on any atom is 0.128 e. The number of para-hydroxylation sites is 1. The Hall–Kier alpha value is -1.51. The van der Waals surface area contributed by atoms with Gasteiger partial charge < -0.3 is 9.84 Å². The molecule has 0 radical (unpaired) electrons. The van der Waals surface area contributed by atoms with Gasteiger partial charge in [0.2, 0.25) is 0 Å². The van der Waals surface area contributed by atoms with Gasteiger partial charge in [0.15, 0.2) is 0 Å².